The molecule has 1 atom stereocenters. The zero-order valence-electron chi connectivity index (χ0n) is 15.2. The van der Waals surface area contributed by atoms with Gasteiger partial charge in [0.25, 0.3) is 11.5 Å². The first-order valence-electron chi connectivity index (χ1n) is 8.73. The van der Waals surface area contributed by atoms with Crippen molar-refractivity contribution in [3.05, 3.63) is 69.8 Å². The fourth-order valence-electron chi connectivity index (χ4n) is 2.59. The predicted octanol–water partition coefficient (Wildman–Crippen LogP) is 3.36. The van der Waals surface area contributed by atoms with Crippen LogP contribution < -0.4 is 15.6 Å². The van der Waals surface area contributed by atoms with Crippen molar-refractivity contribution in [3.8, 4) is 16.3 Å². The lowest BCUT2D eigenvalue weighted by molar-refractivity contribution is 0.0947. The van der Waals surface area contributed by atoms with Crippen LogP contribution in [-0.4, -0.2) is 28.8 Å². The van der Waals surface area contributed by atoms with Gasteiger partial charge in [0.15, 0.2) is 0 Å². The lowest BCUT2D eigenvalue weighted by Gasteiger charge is -2.15. The fraction of sp³-hybridized carbons (Fsp3) is 0.250. The minimum Gasteiger partial charge on any atom is -0.494 e. The van der Waals surface area contributed by atoms with E-state index < -0.39 is 0 Å². The molecular weight excluding hydrogens is 362 g/mol. The van der Waals surface area contributed by atoms with Gasteiger partial charge in [0.05, 0.1) is 17.5 Å². The van der Waals surface area contributed by atoms with Gasteiger partial charge in [-0.05, 0) is 55.6 Å². The normalized spacial score (nSPS) is 11.8. The SMILES string of the molecule is CCOc1ccc(C(=O)NCC(C)n2nc(-c3cccs3)ccc2=O)cc1. The van der Waals surface area contributed by atoms with Crippen LogP contribution in [0.15, 0.2) is 58.7 Å². The van der Waals surface area contributed by atoms with E-state index >= 15 is 0 Å². The van der Waals surface area contributed by atoms with Crippen LogP contribution in [0.2, 0.25) is 0 Å². The number of nitrogens with zero attached hydrogens (tertiary/aromatic N) is 2. The number of nitrogens with one attached hydrogen (secondary N) is 1. The first kappa shape index (κ1) is 18.8. The van der Waals surface area contributed by atoms with E-state index in [1.54, 1.807) is 41.7 Å². The van der Waals surface area contributed by atoms with Crippen molar-refractivity contribution in [3.63, 3.8) is 0 Å². The van der Waals surface area contributed by atoms with E-state index in [-0.39, 0.29) is 17.5 Å². The first-order valence-corrected chi connectivity index (χ1v) is 9.61. The van der Waals surface area contributed by atoms with Gasteiger partial charge in [0.1, 0.15) is 11.4 Å². The van der Waals surface area contributed by atoms with E-state index in [0.717, 1.165) is 16.3 Å². The Morgan fingerprint density at radius 1 is 1.22 bits per heavy atom. The summed E-state index contributed by atoms with van der Waals surface area (Å²) in [5.74, 6) is 0.524. The summed E-state index contributed by atoms with van der Waals surface area (Å²) in [6.45, 7) is 4.64. The molecule has 0 fully saturated rings. The third-order valence-electron chi connectivity index (χ3n) is 4.00. The number of amides is 1. The summed E-state index contributed by atoms with van der Waals surface area (Å²) in [5, 5.41) is 9.26. The highest BCUT2D eigenvalue weighted by Crippen LogP contribution is 2.21. The molecular formula is C20H21N3O3S. The molecule has 27 heavy (non-hydrogen) atoms. The maximum atomic E-state index is 12.3. The fourth-order valence-corrected chi connectivity index (χ4v) is 3.29. The molecule has 0 aliphatic carbocycles. The summed E-state index contributed by atoms with van der Waals surface area (Å²) >= 11 is 1.56. The molecule has 2 aromatic heterocycles. The number of thiophene rings is 1. The van der Waals surface area contributed by atoms with Gasteiger partial charge in [-0.2, -0.15) is 5.10 Å². The van der Waals surface area contributed by atoms with Gasteiger partial charge < -0.3 is 10.1 Å². The molecule has 0 saturated heterocycles. The number of aromatic nitrogens is 2. The van der Waals surface area contributed by atoms with E-state index in [9.17, 15) is 9.59 Å². The highest BCUT2D eigenvalue weighted by Gasteiger charge is 2.13. The molecule has 1 unspecified atom stereocenters. The number of carbonyl (C=O) groups is 1. The van der Waals surface area contributed by atoms with Crippen LogP contribution in [0.1, 0.15) is 30.2 Å². The Hall–Kier alpha value is -2.93. The standard InChI is InChI=1S/C20H21N3O3S/c1-3-26-16-8-6-15(7-9-16)20(25)21-13-14(2)23-19(24)11-10-17(22-23)18-5-4-12-27-18/h4-12,14H,3,13H2,1-2H3,(H,21,25). The van der Waals surface area contributed by atoms with Gasteiger partial charge in [-0.3, -0.25) is 9.59 Å². The highest BCUT2D eigenvalue weighted by molar-refractivity contribution is 7.13. The molecule has 3 rings (SSSR count). The van der Waals surface area contributed by atoms with Crippen LogP contribution in [-0.2, 0) is 0 Å². The zero-order chi connectivity index (χ0) is 19.2. The van der Waals surface area contributed by atoms with Crippen LogP contribution >= 0.6 is 11.3 Å². The Morgan fingerprint density at radius 3 is 2.67 bits per heavy atom. The molecule has 1 aromatic carbocycles. The third kappa shape index (κ3) is 4.62. The molecule has 1 N–H and O–H groups in total. The average molecular weight is 383 g/mol. The second-order valence-corrected chi connectivity index (χ2v) is 6.94. The second-order valence-electron chi connectivity index (χ2n) is 6.00. The average Bonchev–Trinajstić information content (AvgIpc) is 3.22. The topological polar surface area (TPSA) is 73.2 Å². The summed E-state index contributed by atoms with van der Waals surface area (Å²) in [5.41, 5.74) is 1.09. The molecule has 0 aliphatic rings. The van der Waals surface area contributed by atoms with Gasteiger partial charge in [0, 0.05) is 18.2 Å². The van der Waals surface area contributed by atoms with E-state index in [4.69, 9.17) is 4.74 Å². The molecule has 140 valence electrons. The number of hydrogen-bond donors (Lipinski definition) is 1. The third-order valence-corrected chi connectivity index (χ3v) is 4.89. The van der Waals surface area contributed by atoms with Crippen molar-refractivity contribution < 1.29 is 9.53 Å². The number of rotatable bonds is 7. The predicted molar refractivity (Wildman–Crippen MR) is 106 cm³/mol. The minimum absolute atomic E-state index is 0.196. The van der Waals surface area contributed by atoms with Gasteiger partial charge >= 0.3 is 0 Å². The van der Waals surface area contributed by atoms with Crippen LogP contribution in [0.4, 0.5) is 0 Å². The summed E-state index contributed by atoms with van der Waals surface area (Å²) in [6.07, 6.45) is 0. The summed E-state index contributed by atoms with van der Waals surface area (Å²) < 4.78 is 6.78. The molecule has 2 heterocycles. The first-order chi connectivity index (χ1) is 13.1. The lowest BCUT2D eigenvalue weighted by Crippen LogP contribution is -2.34. The molecule has 0 bridgehead atoms. The smallest absolute Gasteiger partial charge is 0.267 e. The number of carbonyl (C=O) groups excluding carboxylic acids is 1. The lowest BCUT2D eigenvalue weighted by atomic mass is 10.2. The van der Waals surface area contributed by atoms with Crippen LogP contribution in [0.25, 0.3) is 10.6 Å². The van der Waals surface area contributed by atoms with Crippen LogP contribution in [0, 0.1) is 0 Å². The van der Waals surface area contributed by atoms with Crippen molar-refractivity contribution in [2.45, 2.75) is 19.9 Å². The molecule has 0 saturated carbocycles. The molecule has 0 aliphatic heterocycles. The Balaban J connectivity index is 1.66. The van der Waals surface area contributed by atoms with Crippen molar-refractivity contribution in [1.29, 1.82) is 0 Å². The second kappa shape index (κ2) is 8.64. The highest BCUT2D eigenvalue weighted by atomic mass is 32.1. The van der Waals surface area contributed by atoms with Crippen LogP contribution in [0.3, 0.4) is 0 Å². The summed E-state index contributed by atoms with van der Waals surface area (Å²) in [6, 6.07) is 13.8. The van der Waals surface area contributed by atoms with Crippen molar-refractivity contribution in [2.75, 3.05) is 13.2 Å². The Bertz CT molecular complexity index is 949. The van der Waals surface area contributed by atoms with E-state index in [2.05, 4.69) is 10.4 Å². The molecule has 6 nitrogen and oxygen atoms in total. The summed E-state index contributed by atoms with van der Waals surface area (Å²) in [4.78, 5) is 25.5. The molecule has 0 radical (unpaired) electrons. The Kier molecular flexibility index (Phi) is 6.03. The Labute approximate surface area is 161 Å². The zero-order valence-corrected chi connectivity index (χ0v) is 16.0. The van der Waals surface area contributed by atoms with E-state index in [0.29, 0.717) is 18.7 Å². The minimum atomic E-state index is -0.274. The van der Waals surface area contributed by atoms with E-state index in [1.807, 2.05) is 31.4 Å². The molecule has 1 amide bonds. The van der Waals surface area contributed by atoms with Crippen molar-refractivity contribution >= 4 is 17.2 Å². The Morgan fingerprint density at radius 2 is 2.00 bits per heavy atom. The van der Waals surface area contributed by atoms with Crippen molar-refractivity contribution in [1.82, 2.24) is 15.1 Å². The maximum absolute atomic E-state index is 12.3. The number of benzene rings is 1. The molecule has 0 spiro atoms. The van der Waals surface area contributed by atoms with Crippen LogP contribution in [0.5, 0.6) is 5.75 Å². The quantitative estimate of drug-likeness (QED) is 0.679. The summed E-state index contributed by atoms with van der Waals surface area (Å²) in [7, 11) is 0. The van der Waals surface area contributed by atoms with Gasteiger partial charge in [-0.15, -0.1) is 11.3 Å². The maximum Gasteiger partial charge on any atom is 0.267 e. The van der Waals surface area contributed by atoms with Gasteiger partial charge in [0.2, 0.25) is 0 Å². The number of hydrogen-bond acceptors (Lipinski definition) is 5. The number of ether oxygens (including phenoxy) is 1. The molecule has 7 heteroatoms. The monoisotopic (exact) mass is 383 g/mol. The molecule has 3 aromatic rings. The van der Waals surface area contributed by atoms with Crippen molar-refractivity contribution in [2.24, 2.45) is 0 Å². The van der Waals surface area contributed by atoms with Gasteiger partial charge in [-0.25, -0.2) is 4.68 Å². The largest absolute Gasteiger partial charge is 0.494 e. The van der Waals surface area contributed by atoms with Gasteiger partial charge in [-0.1, -0.05) is 6.07 Å². The van der Waals surface area contributed by atoms with E-state index in [1.165, 1.54) is 10.7 Å².